The lowest BCUT2D eigenvalue weighted by atomic mass is 10.0. The Labute approximate surface area is 186 Å². The van der Waals surface area contributed by atoms with Crippen molar-refractivity contribution in [2.75, 3.05) is 0 Å². The Hall–Kier alpha value is -2.62. The van der Waals surface area contributed by atoms with Crippen LogP contribution in [0.4, 0.5) is 22.0 Å². The molecule has 0 saturated heterocycles. The first-order valence-corrected chi connectivity index (χ1v) is 10.3. The van der Waals surface area contributed by atoms with Crippen LogP contribution in [0.3, 0.4) is 0 Å². The van der Waals surface area contributed by atoms with Crippen molar-refractivity contribution in [3.8, 4) is 23.0 Å². The van der Waals surface area contributed by atoms with Crippen LogP contribution in [0.5, 0.6) is 23.0 Å². The highest BCUT2D eigenvalue weighted by Gasteiger charge is 2.32. The lowest BCUT2D eigenvalue weighted by Gasteiger charge is -2.18. The minimum atomic E-state index is -4.46. The van der Waals surface area contributed by atoms with Gasteiger partial charge in [-0.3, -0.25) is 0 Å². The molecule has 0 unspecified atom stereocenters. The van der Waals surface area contributed by atoms with Crippen LogP contribution >= 0.6 is 22.6 Å². The Morgan fingerprint density at radius 2 is 1.35 bits per heavy atom. The number of halogens is 6. The SMILES string of the molecule is FC(F)(F)c1ccc2c(c1)Oc1cc3c(cc1=C2)Oc1cc(C(F)(F)I)ccc1CC=3. The van der Waals surface area contributed by atoms with Crippen molar-refractivity contribution >= 4 is 34.7 Å². The Morgan fingerprint density at radius 1 is 0.710 bits per heavy atom. The predicted molar refractivity (Wildman–Crippen MR) is 113 cm³/mol. The first-order chi connectivity index (χ1) is 14.6. The molecule has 2 heterocycles. The molecule has 8 heteroatoms. The molecule has 158 valence electrons. The van der Waals surface area contributed by atoms with Crippen molar-refractivity contribution < 1.29 is 31.4 Å². The van der Waals surface area contributed by atoms with E-state index in [-0.39, 0.29) is 11.3 Å². The van der Waals surface area contributed by atoms with Gasteiger partial charge in [-0.15, -0.1) is 0 Å². The van der Waals surface area contributed by atoms with Gasteiger partial charge < -0.3 is 9.47 Å². The molecule has 3 aromatic carbocycles. The molecule has 0 spiro atoms. The summed E-state index contributed by atoms with van der Waals surface area (Å²) in [5, 5.41) is 1.29. The monoisotopic (exact) mass is 542 g/mol. The second kappa shape index (κ2) is 6.94. The lowest BCUT2D eigenvalue weighted by molar-refractivity contribution is -0.137. The van der Waals surface area contributed by atoms with Crippen molar-refractivity contribution in [1.29, 1.82) is 0 Å². The van der Waals surface area contributed by atoms with E-state index >= 15 is 0 Å². The van der Waals surface area contributed by atoms with Gasteiger partial charge in [0.25, 0.3) is 0 Å². The summed E-state index contributed by atoms with van der Waals surface area (Å²) >= 11 is 1.07. The van der Waals surface area contributed by atoms with Gasteiger partial charge in [-0.1, -0.05) is 24.3 Å². The summed E-state index contributed by atoms with van der Waals surface area (Å²) in [6.07, 6.45) is -0.437. The fraction of sp³-hybridized carbons (Fsp3) is 0.130. The summed E-state index contributed by atoms with van der Waals surface area (Å²) < 4.78 is 75.2. The molecule has 5 rings (SSSR count). The molecule has 0 bridgehead atoms. The summed E-state index contributed by atoms with van der Waals surface area (Å²) in [6.45, 7) is 0. The highest BCUT2D eigenvalue weighted by atomic mass is 127. The van der Waals surface area contributed by atoms with E-state index < -0.39 is 15.7 Å². The third-order valence-corrected chi connectivity index (χ3v) is 5.79. The molecule has 2 aliphatic heterocycles. The van der Waals surface area contributed by atoms with Crippen LogP contribution in [-0.2, 0) is 16.5 Å². The molecule has 0 aliphatic carbocycles. The van der Waals surface area contributed by atoms with Crippen molar-refractivity contribution in [2.45, 2.75) is 16.5 Å². The first kappa shape index (κ1) is 20.3. The van der Waals surface area contributed by atoms with Gasteiger partial charge in [0.1, 0.15) is 23.0 Å². The van der Waals surface area contributed by atoms with E-state index in [1.54, 1.807) is 24.3 Å². The minimum Gasteiger partial charge on any atom is -0.456 e. The van der Waals surface area contributed by atoms with Crippen LogP contribution in [0.15, 0.2) is 48.5 Å². The molecule has 0 amide bonds. The standard InChI is InChI=1S/C23H12F5IO2/c24-22(25,26)16-5-4-13-7-15-9-18-14(8-19(15)31-21(13)10-16)2-1-12-3-6-17(23(27,28)29)11-20(12)30-18/h2-11H,1H2. The van der Waals surface area contributed by atoms with E-state index in [0.717, 1.165) is 40.3 Å². The van der Waals surface area contributed by atoms with E-state index in [0.29, 0.717) is 39.7 Å². The molecule has 0 N–H and O–H groups in total. The fourth-order valence-corrected chi connectivity index (χ4v) is 3.91. The van der Waals surface area contributed by atoms with Crippen molar-refractivity contribution in [2.24, 2.45) is 0 Å². The number of hydrogen-bond donors (Lipinski definition) is 0. The van der Waals surface area contributed by atoms with Crippen LogP contribution < -0.4 is 19.9 Å². The highest BCUT2D eigenvalue weighted by molar-refractivity contribution is 14.1. The van der Waals surface area contributed by atoms with E-state index in [1.165, 1.54) is 18.2 Å². The molecule has 0 radical (unpaired) electrons. The first-order valence-electron chi connectivity index (χ1n) is 9.21. The number of rotatable bonds is 1. The summed E-state index contributed by atoms with van der Waals surface area (Å²) in [7, 11) is 0. The van der Waals surface area contributed by atoms with E-state index in [4.69, 9.17) is 9.47 Å². The molecule has 2 nitrogen and oxygen atoms in total. The molecule has 0 saturated carbocycles. The van der Waals surface area contributed by atoms with Crippen molar-refractivity contribution in [3.63, 3.8) is 0 Å². The number of alkyl halides is 6. The average Bonchev–Trinajstić information content (AvgIpc) is 2.87. The van der Waals surface area contributed by atoms with Crippen LogP contribution in [0.25, 0.3) is 12.2 Å². The maximum Gasteiger partial charge on any atom is 0.416 e. The van der Waals surface area contributed by atoms with Crippen LogP contribution in [-0.4, -0.2) is 0 Å². The van der Waals surface area contributed by atoms with Gasteiger partial charge in [0.15, 0.2) is 0 Å². The topological polar surface area (TPSA) is 18.5 Å². The molecule has 0 aromatic heterocycles. The van der Waals surface area contributed by atoms with Crippen LogP contribution in [0, 0.1) is 0 Å². The van der Waals surface area contributed by atoms with Gasteiger partial charge in [-0.25, -0.2) is 0 Å². The smallest absolute Gasteiger partial charge is 0.416 e. The zero-order chi connectivity index (χ0) is 22.0. The second-order valence-electron chi connectivity index (χ2n) is 7.26. The van der Waals surface area contributed by atoms with Gasteiger partial charge >= 0.3 is 10.1 Å². The van der Waals surface area contributed by atoms with Gasteiger partial charge in [0, 0.05) is 44.2 Å². The molecule has 0 atom stereocenters. The van der Waals surface area contributed by atoms with Crippen molar-refractivity contribution in [3.05, 3.63) is 81.2 Å². The normalized spacial score (nSPS) is 14.4. The maximum atomic E-state index is 13.7. The molecule has 2 aliphatic rings. The Bertz CT molecular complexity index is 1340. The van der Waals surface area contributed by atoms with E-state index in [9.17, 15) is 22.0 Å². The zero-order valence-corrected chi connectivity index (χ0v) is 17.7. The molecule has 3 aromatic rings. The van der Waals surface area contributed by atoms with Crippen LogP contribution in [0.1, 0.15) is 22.3 Å². The highest BCUT2D eigenvalue weighted by Crippen LogP contribution is 2.40. The largest absolute Gasteiger partial charge is 0.456 e. The fourth-order valence-electron chi connectivity index (χ4n) is 3.58. The van der Waals surface area contributed by atoms with Crippen molar-refractivity contribution in [1.82, 2.24) is 0 Å². The number of hydrogen-bond acceptors (Lipinski definition) is 2. The lowest BCUT2D eigenvalue weighted by Crippen LogP contribution is -2.17. The summed E-state index contributed by atoms with van der Waals surface area (Å²) in [6, 6.07) is 11.0. The van der Waals surface area contributed by atoms with E-state index in [1.807, 2.05) is 6.08 Å². The number of benzene rings is 3. The quantitative estimate of drug-likeness (QED) is 0.161. The molecular formula is C23H12F5IO2. The van der Waals surface area contributed by atoms with Gasteiger partial charge in [0.2, 0.25) is 0 Å². The van der Waals surface area contributed by atoms with Gasteiger partial charge in [-0.05, 0) is 48.4 Å². The van der Waals surface area contributed by atoms with Gasteiger partial charge in [-0.2, -0.15) is 22.0 Å². The Kier molecular flexibility index (Phi) is 4.55. The average molecular weight is 542 g/mol. The number of fused-ring (bicyclic) bond motifs is 4. The third-order valence-electron chi connectivity index (χ3n) is 5.17. The maximum absolute atomic E-state index is 13.7. The summed E-state index contributed by atoms with van der Waals surface area (Å²) in [5.41, 5.74) is 0.315. The zero-order valence-electron chi connectivity index (χ0n) is 15.6. The Morgan fingerprint density at radius 3 is 2.10 bits per heavy atom. The summed E-state index contributed by atoms with van der Waals surface area (Å²) in [5.74, 6) is 1.32. The summed E-state index contributed by atoms with van der Waals surface area (Å²) in [4.78, 5) is 0. The Balaban J connectivity index is 1.59. The second-order valence-corrected chi connectivity index (χ2v) is 8.61. The third kappa shape index (κ3) is 3.77. The van der Waals surface area contributed by atoms with Crippen LogP contribution in [0.2, 0.25) is 0 Å². The molecule has 0 fully saturated rings. The number of ether oxygens (including phenoxy) is 2. The minimum absolute atomic E-state index is 0.119. The molecule has 31 heavy (non-hydrogen) atoms. The predicted octanol–water partition coefficient (Wildman–Crippen LogP) is 6.25. The van der Waals surface area contributed by atoms with Gasteiger partial charge in [0.05, 0.1) is 5.56 Å². The van der Waals surface area contributed by atoms with E-state index in [2.05, 4.69) is 0 Å². The molecular weight excluding hydrogens is 530 g/mol.